The second-order valence-corrected chi connectivity index (χ2v) is 6.66. The van der Waals surface area contributed by atoms with E-state index in [1.165, 1.54) is 10.9 Å². The number of amides is 1. The SMILES string of the molecule is Cc1cccc2c(CCC(=O)NCC3(CC(=O)O)CC3)c[nH]c12. The van der Waals surface area contributed by atoms with Crippen molar-refractivity contribution in [2.24, 2.45) is 5.41 Å². The molecule has 1 saturated carbocycles. The van der Waals surface area contributed by atoms with Crippen LogP contribution in [0, 0.1) is 12.3 Å². The Morgan fingerprint density at radius 1 is 1.35 bits per heavy atom. The number of carbonyl (C=O) groups is 2. The fourth-order valence-corrected chi connectivity index (χ4v) is 3.11. The molecule has 3 rings (SSSR count). The van der Waals surface area contributed by atoms with Gasteiger partial charge in [-0.3, -0.25) is 9.59 Å². The van der Waals surface area contributed by atoms with Crippen molar-refractivity contribution >= 4 is 22.8 Å². The van der Waals surface area contributed by atoms with E-state index < -0.39 is 5.97 Å². The van der Waals surface area contributed by atoms with Gasteiger partial charge in [-0.15, -0.1) is 0 Å². The number of benzene rings is 1. The third kappa shape index (κ3) is 3.55. The molecule has 0 atom stereocenters. The number of carboxylic acids is 1. The quantitative estimate of drug-likeness (QED) is 0.735. The van der Waals surface area contributed by atoms with Gasteiger partial charge >= 0.3 is 5.97 Å². The van der Waals surface area contributed by atoms with Crippen molar-refractivity contribution in [3.8, 4) is 0 Å². The van der Waals surface area contributed by atoms with Crippen LogP contribution in [0.25, 0.3) is 10.9 Å². The average Bonchev–Trinajstić information content (AvgIpc) is 3.12. The summed E-state index contributed by atoms with van der Waals surface area (Å²) in [4.78, 5) is 26.1. The second kappa shape index (κ2) is 6.07. The number of aryl methyl sites for hydroxylation is 2. The molecule has 0 aliphatic heterocycles. The Kier molecular flexibility index (Phi) is 4.11. The largest absolute Gasteiger partial charge is 0.481 e. The van der Waals surface area contributed by atoms with E-state index >= 15 is 0 Å². The number of fused-ring (bicyclic) bond motifs is 1. The number of aliphatic carboxylic acids is 1. The van der Waals surface area contributed by atoms with Crippen LogP contribution in [0.15, 0.2) is 24.4 Å². The lowest BCUT2D eigenvalue weighted by Gasteiger charge is -2.13. The maximum absolute atomic E-state index is 12.0. The van der Waals surface area contributed by atoms with E-state index in [0.717, 1.165) is 23.9 Å². The van der Waals surface area contributed by atoms with Crippen LogP contribution < -0.4 is 5.32 Å². The second-order valence-electron chi connectivity index (χ2n) is 6.66. The molecule has 1 fully saturated rings. The number of H-pyrrole nitrogens is 1. The first kappa shape index (κ1) is 15.6. The van der Waals surface area contributed by atoms with Crippen molar-refractivity contribution in [3.05, 3.63) is 35.5 Å². The smallest absolute Gasteiger partial charge is 0.303 e. The van der Waals surface area contributed by atoms with Crippen LogP contribution in [0.2, 0.25) is 0 Å². The number of rotatable bonds is 7. The van der Waals surface area contributed by atoms with Gasteiger partial charge < -0.3 is 15.4 Å². The van der Waals surface area contributed by atoms with Crippen LogP contribution in [-0.4, -0.2) is 28.5 Å². The van der Waals surface area contributed by atoms with Crippen LogP contribution in [0.1, 0.15) is 36.8 Å². The van der Waals surface area contributed by atoms with Crippen LogP contribution >= 0.6 is 0 Å². The molecule has 1 aromatic carbocycles. The number of carboxylic acid groups (broad SMARTS) is 1. The highest BCUT2D eigenvalue weighted by Gasteiger charge is 2.44. The third-order valence-electron chi connectivity index (χ3n) is 4.77. The van der Waals surface area contributed by atoms with Crippen molar-refractivity contribution in [1.29, 1.82) is 0 Å². The van der Waals surface area contributed by atoms with Gasteiger partial charge in [0.2, 0.25) is 5.91 Å². The van der Waals surface area contributed by atoms with Crippen molar-refractivity contribution < 1.29 is 14.7 Å². The normalized spacial score (nSPS) is 15.5. The Balaban J connectivity index is 1.53. The Morgan fingerprint density at radius 3 is 2.83 bits per heavy atom. The third-order valence-corrected chi connectivity index (χ3v) is 4.77. The fraction of sp³-hybridized carbons (Fsp3) is 0.444. The maximum Gasteiger partial charge on any atom is 0.303 e. The summed E-state index contributed by atoms with van der Waals surface area (Å²) in [5.74, 6) is -0.797. The van der Waals surface area contributed by atoms with E-state index in [1.807, 2.05) is 12.3 Å². The number of nitrogens with one attached hydrogen (secondary N) is 2. The summed E-state index contributed by atoms with van der Waals surface area (Å²) in [6, 6.07) is 6.16. The van der Waals surface area contributed by atoms with E-state index in [0.29, 0.717) is 19.4 Å². The number of aromatic amines is 1. The molecule has 5 heteroatoms. The van der Waals surface area contributed by atoms with Gasteiger partial charge in [0.25, 0.3) is 0 Å². The molecular formula is C18H22N2O3. The maximum atomic E-state index is 12.0. The number of hydrogen-bond donors (Lipinski definition) is 3. The number of aromatic nitrogens is 1. The van der Waals surface area contributed by atoms with Gasteiger partial charge in [0, 0.05) is 30.1 Å². The van der Waals surface area contributed by atoms with Crippen LogP contribution in [0.3, 0.4) is 0 Å². The predicted octanol–water partition coefficient (Wildman–Crippen LogP) is 2.78. The molecule has 122 valence electrons. The monoisotopic (exact) mass is 314 g/mol. The van der Waals surface area contributed by atoms with Crippen molar-refractivity contribution in [3.63, 3.8) is 0 Å². The minimum atomic E-state index is -0.786. The van der Waals surface area contributed by atoms with Gasteiger partial charge in [-0.25, -0.2) is 0 Å². The lowest BCUT2D eigenvalue weighted by atomic mass is 10.0. The summed E-state index contributed by atoms with van der Waals surface area (Å²) in [7, 11) is 0. The zero-order valence-corrected chi connectivity index (χ0v) is 13.3. The Labute approximate surface area is 135 Å². The van der Waals surface area contributed by atoms with Crippen LogP contribution in [0.5, 0.6) is 0 Å². The lowest BCUT2D eigenvalue weighted by Crippen LogP contribution is -2.31. The Morgan fingerprint density at radius 2 is 2.13 bits per heavy atom. The van der Waals surface area contributed by atoms with E-state index in [9.17, 15) is 9.59 Å². The lowest BCUT2D eigenvalue weighted by molar-refractivity contribution is -0.138. The summed E-state index contributed by atoms with van der Waals surface area (Å²) in [6.45, 7) is 2.54. The molecule has 2 aromatic rings. The average molecular weight is 314 g/mol. The first-order chi connectivity index (χ1) is 11.0. The Hall–Kier alpha value is -2.30. The summed E-state index contributed by atoms with van der Waals surface area (Å²) >= 11 is 0. The van der Waals surface area contributed by atoms with Crippen LogP contribution in [0.4, 0.5) is 0 Å². The molecule has 0 unspecified atom stereocenters. The minimum absolute atomic E-state index is 0.0105. The van der Waals surface area contributed by atoms with E-state index in [2.05, 4.69) is 29.4 Å². The van der Waals surface area contributed by atoms with Gasteiger partial charge in [-0.05, 0) is 42.7 Å². The van der Waals surface area contributed by atoms with Crippen molar-refractivity contribution in [1.82, 2.24) is 10.3 Å². The minimum Gasteiger partial charge on any atom is -0.481 e. The molecule has 1 aromatic heterocycles. The number of para-hydroxylation sites is 1. The molecule has 1 amide bonds. The highest BCUT2D eigenvalue weighted by Crippen LogP contribution is 2.48. The number of carbonyl (C=O) groups excluding carboxylic acids is 1. The molecule has 0 spiro atoms. The topological polar surface area (TPSA) is 82.2 Å². The molecule has 1 aliphatic rings. The van der Waals surface area contributed by atoms with Crippen molar-refractivity contribution in [2.75, 3.05) is 6.54 Å². The molecule has 1 aliphatic carbocycles. The summed E-state index contributed by atoms with van der Waals surface area (Å²) < 4.78 is 0. The summed E-state index contributed by atoms with van der Waals surface area (Å²) in [6.07, 6.45) is 5.00. The van der Waals surface area contributed by atoms with Gasteiger partial charge in [-0.1, -0.05) is 18.2 Å². The van der Waals surface area contributed by atoms with Gasteiger partial charge in [0.05, 0.1) is 6.42 Å². The molecule has 3 N–H and O–H groups in total. The zero-order chi connectivity index (χ0) is 16.4. The zero-order valence-electron chi connectivity index (χ0n) is 13.3. The van der Waals surface area contributed by atoms with E-state index in [1.54, 1.807) is 0 Å². The molecule has 5 nitrogen and oxygen atoms in total. The first-order valence-electron chi connectivity index (χ1n) is 8.03. The predicted molar refractivity (Wildman–Crippen MR) is 88.3 cm³/mol. The fourth-order valence-electron chi connectivity index (χ4n) is 3.11. The van der Waals surface area contributed by atoms with Gasteiger partial charge in [0.15, 0.2) is 0 Å². The molecule has 1 heterocycles. The van der Waals surface area contributed by atoms with E-state index in [-0.39, 0.29) is 17.7 Å². The molecule has 0 bridgehead atoms. The highest BCUT2D eigenvalue weighted by atomic mass is 16.4. The van der Waals surface area contributed by atoms with Gasteiger partial charge in [-0.2, -0.15) is 0 Å². The summed E-state index contributed by atoms with van der Waals surface area (Å²) in [5.41, 5.74) is 3.27. The van der Waals surface area contributed by atoms with Crippen LogP contribution in [-0.2, 0) is 16.0 Å². The molecule has 0 saturated heterocycles. The number of hydrogen-bond acceptors (Lipinski definition) is 2. The molecular weight excluding hydrogens is 292 g/mol. The summed E-state index contributed by atoms with van der Waals surface area (Å²) in [5, 5.41) is 13.0. The first-order valence-corrected chi connectivity index (χ1v) is 8.03. The molecule has 0 radical (unpaired) electrons. The standard InChI is InChI=1S/C18H22N2O3/c1-12-3-2-4-14-13(10-19-17(12)14)5-6-15(21)20-11-18(7-8-18)9-16(22)23/h2-4,10,19H,5-9,11H2,1H3,(H,20,21)(H,22,23). The van der Waals surface area contributed by atoms with E-state index in [4.69, 9.17) is 5.11 Å². The van der Waals surface area contributed by atoms with Crippen molar-refractivity contribution in [2.45, 2.75) is 39.0 Å². The van der Waals surface area contributed by atoms with Gasteiger partial charge in [0.1, 0.15) is 0 Å². The highest BCUT2D eigenvalue weighted by molar-refractivity contribution is 5.86. The Bertz CT molecular complexity index is 744. The molecule has 23 heavy (non-hydrogen) atoms.